The summed E-state index contributed by atoms with van der Waals surface area (Å²) in [6, 6.07) is 10.1. The Bertz CT molecular complexity index is 644. The molecule has 3 rings (SSSR count). The molecule has 1 aromatic heterocycles. The molecule has 0 spiro atoms. The lowest BCUT2D eigenvalue weighted by Crippen LogP contribution is -2.36. The van der Waals surface area contributed by atoms with E-state index in [-0.39, 0.29) is 18.1 Å². The molecule has 0 aliphatic carbocycles. The maximum atomic E-state index is 12.0. The van der Waals surface area contributed by atoms with E-state index in [9.17, 15) is 4.79 Å². The Morgan fingerprint density at radius 2 is 2.17 bits per heavy atom. The van der Waals surface area contributed by atoms with Crippen molar-refractivity contribution in [2.45, 2.75) is 31.5 Å². The summed E-state index contributed by atoms with van der Waals surface area (Å²) in [6.45, 7) is 1.05. The summed E-state index contributed by atoms with van der Waals surface area (Å²) < 4.78 is 5.59. The van der Waals surface area contributed by atoms with E-state index in [0.29, 0.717) is 13.1 Å². The van der Waals surface area contributed by atoms with Crippen molar-refractivity contribution < 1.29 is 9.53 Å². The van der Waals surface area contributed by atoms with Crippen LogP contribution in [-0.4, -0.2) is 36.2 Å². The van der Waals surface area contributed by atoms with E-state index in [2.05, 4.69) is 22.4 Å². The van der Waals surface area contributed by atoms with Gasteiger partial charge in [0.2, 0.25) is 5.91 Å². The van der Waals surface area contributed by atoms with E-state index < -0.39 is 0 Å². The second-order valence-corrected chi connectivity index (χ2v) is 6.47. The van der Waals surface area contributed by atoms with Crippen molar-refractivity contribution in [1.29, 1.82) is 0 Å². The number of carbonyl (C=O) groups excluding carboxylic acids is 1. The summed E-state index contributed by atoms with van der Waals surface area (Å²) in [6.07, 6.45) is 2.02. The van der Waals surface area contributed by atoms with Crippen molar-refractivity contribution in [3.63, 3.8) is 0 Å². The zero-order valence-corrected chi connectivity index (χ0v) is 13.7. The van der Waals surface area contributed by atoms with E-state index in [1.54, 1.807) is 11.3 Å². The Balaban J connectivity index is 1.46. The molecule has 0 bridgehead atoms. The van der Waals surface area contributed by atoms with Crippen molar-refractivity contribution in [1.82, 2.24) is 10.3 Å². The minimum absolute atomic E-state index is 0.0257. The van der Waals surface area contributed by atoms with E-state index in [1.165, 1.54) is 0 Å². The van der Waals surface area contributed by atoms with Gasteiger partial charge in [-0.15, -0.1) is 11.3 Å². The smallest absolute Gasteiger partial charge is 0.249 e. The fourth-order valence-electron chi connectivity index (χ4n) is 2.63. The highest BCUT2D eigenvalue weighted by atomic mass is 32.1. The second-order valence-electron chi connectivity index (χ2n) is 5.61. The molecular formula is C17H21N3O2S. The third kappa shape index (κ3) is 4.16. The molecular weight excluding hydrogens is 310 g/mol. The van der Waals surface area contributed by atoms with Gasteiger partial charge in [-0.3, -0.25) is 4.79 Å². The maximum absolute atomic E-state index is 12.0. The summed E-state index contributed by atoms with van der Waals surface area (Å²) >= 11 is 1.63. The van der Waals surface area contributed by atoms with E-state index in [1.807, 2.05) is 23.6 Å². The van der Waals surface area contributed by atoms with Crippen LogP contribution in [0.2, 0.25) is 0 Å². The van der Waals surface area contributed by atoms with Crippen LogP contribution >= 0.6 is 11.3 Å². The summed E-state index contributed by atoms with van der Waals surface area (Å²) in [5.74, 6) is -0.0422. The number of thiazole rings is 1. The molecule has 0 saturated carbocycles. The van der Waals surface area contributed by atoms with Crippen LogP contribution in [0, 0.1) is 0 Å². The number of hydrogen-bond donors (Lipinski definition) is 2. The molecule has 0 radical (unpaired) electrons. The van der Waals surface area contributed by atoms with Crippen LogP contribution in [0.1, 0.15) is 18.5 Å². The highest BCUT2D eigenvalue weighted by Crippen LogP contribution is 2.23. The first-order valence-corrected chi connectivity index (χ1v) is 8.77. The van der Waals surface area contributed by atoms with Crippen LogP contribution in [0.4, 0.5) is 0 Å². The van der Waals surface area contributed by atoms with Crippen LogP contribution in [-0.2, 0) is 16.0 Å². The minimum Gasteiger partial charge on any atom is -0.364 e. The Kier molecular flexibility index (Phi) is 5.38. The van der Waals surface area contributed by atoms with Crippen LogP contribution in [0.3, 0.4) is 0 Å². The van der Waals surface area contributed by atoms with Crippen molar-refractivity contribution in [3.05, 3.63) is 41.4 Å². The molecule has 23 heavy (non-hydrogen) atoms. The van der Waals surface area contributed by atoms with Gasteiger partial charge in [0.25, 0.3) is 0 Å². The highest BCUT2D eigenvalue weighted by Gasteiger charge is 2.29. The Morgan fingerprint density at radius 1 is 1.35 bits per heavy atom. The molecule has 2 aromatic rings. The number of nitrogens with two attached hydrogens (primary N) is 1. The van der Waals surface area contributed by atoms with Crippen LogP contribution in [0.25, 0.3) is 10.6 Å². The molecule has 1 aromatic carbocycles. The number of carbonyl (C=O) groups is 1. The summed E-state index contributed by atoms with van der Waals surface area (Å²) in [5, 5.41) is 5.98. The fourth-order valence-corrected chi connectivity index (χ4v) is 3.50. The van der Waals surface area contributed by atoms with Crippen LogP contribution < -0.4 is 11.1 Å². The van der Waals surface area contributed by atoms with Gasteiger partial charge in [0, 0.05) is 30.5 Å². The van der Waals surface area contributed by atoms with E-state index in [4.69, 9.17) is 10.5 Å². The lowest BCUT2D eigenvalue weighted by molar-refractivity contribution is -0.131. The van der Waals surface area contributed by atoms with Crippen molar-refractivity contribution in [3.8, 4) is 10.6 Å². The average molecular weight is 331 g/mol. The quantitative estimate of drug-likeness (QED) is 0.848. The summed E-state index contributed by atoms with van der Waals surface area (Å²) in [7, 11) is 0. The molecule has 1 aliphatic rings. The van der Waals surface area contributed by atoms with Gasteiger partial charge in [-0.2, -0.15) is 0 Å². The van der Waals surface area contributed by atoms with Crippen LogP contribution in [0.5, 0.6) is 0 Å². The molecule has 3 N–H and O–H groups in total. The van der Waals surface area contributed by atoms with Gasteiger partial charge in [0.15, 0.2) is 0 Å². The van der Waals surface area contributed by atoms with E-state index in [0.717, 1.165) is 35.5 Å². The van der Waals surface area contributed by atoms with Gasteiger partial charge >= 0.3 is 0 Å². The molecule has 2 heterocycles. The third-order valence-corrected chi connectivity index (χ3v) is 4.86. The lowest BCUT2D eigenvalue weighted by atomic mass is 10.2. The largest absolute Gasteiger partial charge is 0.364 e. The van der Waals surface area contributed by atoms with Gasteiger partial charge < -0.3 is 15.8 Å². The number of benzene rings is 1. The molecule has 5 nitrogen and oxygen atoms in total. The molecule has 0 unspecified atom stereocenters. The lowest BCUT2D eigenvalue weighted by Gasteiger charge is -2.12. The predicted molar refractivity (Wildman–Crippen MR) is 91.2 cm³/mol. The number of aromatic nitrogens is 1. The zero-order valence-electron chi connectivity index (χ0n) is 12.9. The predicted octanol–water partition coefficient (Wildman–Crippen LogP) is 1.98. The second kappa shape index (κ2) is 7.68. The summed E-state index contributed by atoms with van der Waals surface area (Å²) in [4.78, 5) is 16.6. The number of rotatable bonds is 6. The monoisotopic (exact) mass is 331 g/mol. The molecule has 1 amide bonds. The standard InChI is InChI=1S/C17H21N3O2S/c18-10-14-6-7-15(22-14)16(21)19-9-8-13-11-23-17(20-13)12-4-2-1-3-5-12/h1-5,11,14-15H,6-10,18H2,(H,19,21)/t14-,15+/m1/s1. The number of nitrogens with one attached hydrogen (secondary N) is 1. The SMILES string of the molecule is NC[C@H]1CC[C@@H](C(=O)NCCc2csc(-c3ccccc3)n2)O1. The maximum Gasteiger partial charge on any atom is 0.249 e. The van der Waals surface area contributed by atoms with Crippen LogP contribution in [0.15, 0.2) is 35.7 Å². The first-order chi connectivity index (χ1) is 11.3. The first-order valence-electron chi connectivity index (χ1n) is 7.89. The van der Waals surface area contributed by atoms with Crippen molar-refractivity contribution in [2.75, 3.05) is 13.1 Å². The summed E-state index contributed by atoms with van der Waals surface area (Å²) in [5.41, 5.74) is 7.68. The molecule has 1 fully saturated rings. The Labute approximate surface area is 139 Å². The van der Waals surface area contributed by atoms with Crippen molar-refractivity contribution >= 4 is 17.2 Å². The molecule has 2 atom stereocenters. The fraction of sp³-hybridized carbons (Fsp3) is 0.412. The van der Waals surface area contributed by atoms with Gasteiger partial charge in [0.1, 0.15) is 11.1 Å². The molecule has 1 saturated heterocycles. The Hall–Kier alpha value is -1.76. The molecule has 6 heteroatoms. The van der Waals surface area contributed by atoms with Gasteiger partial charge in [0.05, 0.1) is 11.8 Å². The topological polar surface area (TPSA) is 77.2 Å². The normalized spacial score (nSPS) is 20.6. The van der Waals surface area contributed by atoms with Crippen molar-refractivity contribution in [2.24, 2.45) is 5.73 Å². The number of ether oxygens (including phenoxy) is 1. The van der Waals surface area contributed by atoms with Gasteiger partial charge in [-0.1, -0.05) is 30.3 Å². The molecule has 1 aliphatic heterocycles. The minimum atomic E-state index is -0.348. The Morgan fingerprint density at radius 3 is 2.91 bits per heavy atom. The zero-order chi connectivity index (χ0) is 16.1. The van der Waals surface area contributed by atoms with Gasteiger partial charge in [-0.25, -0.2) is 4.98 Å². The van der Waals surface area contributed by atoms with Gasteiger partial charge in [-0.05, 0) is 12.8 Å². The number of amides is 1. The average Bonchev–Trinajstić information content (AvgIpc) is 3.25. The number of hydrogen-bond acceptors (Lipinski definition) is 5. The number of nitrogens with zero attached hydrogens (tertiary/aromatic N) is 1. The first kappa shape index (κ1) is 16.1. The highest BCUT2D eigenvalue weighted by molar-refractivity contribution is 7.13. The van der Waals surface area contributed by atoms with E-state index >= 15 is 0 Å². The molecule has 122 valence electrons. The third-order valence-electron chi connectivity index (χ3n) is 3.92.